The molecule has 6 heteroatoms. The first-order chi connectivity index (χ1) is 13.3. The van der Waals surface area contributed by atoms with Crippen molar-refractivity contribution in [2.24, 2.45) is 0 Å². The summed E-state index contributed by atoms with van der Waals surface area (Å²) in [5.74, 6) is 0. The van der Waals surface area contributed by atoms with Crippen LogP contribution in [0, 0.1) is 0 Å². The van der Waals surface area contributed by atoms with Gasteiger partial charge in [-0.3, -0.25) is 4.18 Å². The van der Waals surface area contributed by atoms with E-state index in [0.717, 1.165) is 13.0 Å². The van der Waals surface area contributed by atoms with Gasteiger partial charge in [0, 0.05) is 0 Å². The highest BCUT2D eigenvalue weighted by atomic mass is 32.3. The first-order valence-electron chi connectivity index (χ1n) is 11.7. The molecule has 0 spiro atoms. The number of rotatable bonds is 21. The third kappa shape index (κ3) is 22.1. The highest BCUT2D eigenvalue weighted by Crippen LogP contribution is 2.14. The van der Waals surface area contributed by atoms with Crippen LogP contribution in [0.5, 0.6) is 0 Å². The van der Waals surface area contributed by atoms with Crippen molar-refractivity contribution in [1.82, 2.24) is 0 Å². The van der Waals surface area contributed by atoms with Crippen LogP contribution in [-0.2, 0) is 14.6 Å². The van der Waals surface area contributed by atoms with E-state index in [1.165, 1.54) is 96.3 Å². The number of unbranched alkanes of at least 4 members (excludes halogenated alkanes) is 15. The number of hydrogen-bond donors (Lipinski definition) is 0. The minimum absolute atomic E-state index is 0.0301. The van der Waals surface area contributed by atoms with Crippen LogP contribution >= 0.6 is 0 Å². The standard InChI is InChI=1S/C22H47NO4S/c1-4-5-6-7-8-9-10-11-12-13-14-15-16-17-18-19-20-23(2,3)21-22-27-28(24,25)26/h4-22H2,1-3H3. The van der Waals surface area contributed by atoms with Crippen molar-refractivity contribution in [2.75, 3.05) is 33.8 Å². The number of hydrogen-bond acceptors (Lipinski definition) is 4. The van der Waals surface area contributed by atoms with Gasteiger partial charge in [0.15, 0.2) is 0 Å². The lowest BCUT2D eigenvalue weighted by Gasteiger charge is -2.29. The molecule has 0 amide bonds. The molecule has 0 saturated heterocycles. The van der Waals surface area contributed by atoms with Gasteiger partial charge >= 0.3 is 0 Å². The normalized spacial score (nSPS) is 12.6. The summed E-state index contributed by atoms with van der Waals surface area (Å²) >= 11 is 0. The first-order valence-corrected chi connectivity index (χ1v) is 13.0. The van der Waals surface area contributed by atoms with Crippen LogP contribution < -0.4 is 0 Å². The van der Waals surface area contributed by atoms with E-state index in [9.17, 15) is 13.0 Å². The molecule has 0 aliphatic rings. The predicted molar refractivity (Wildman–Crippen MR) is 117 cm³/mol. The summed E-state index contributed by atoms with van der Waals surface area (Å²) in [7, 11) is -0.463. The lowest BCUT2D eigenvalue weighted by atomic mass is 10.0. The second-order valence-electron chi connectivity index (χ2n) is 8.92. The van der Waals surface area contributed by atoms with E-state index in [4.69, 9.17) is 0 Å². The third-order valence-electron chi connectivity index (χ3n) is 5.54. The van der Waals surface area contributed by atoms with Crippen LogP contribution in [0.25, 0.3) is 0 Å². The Bertz CT molecular complexity index is 438. The summed E-state index contributed by atoms with van der Waals surface area (Å²) < 4.78 is 36.3. The van der Waals surface area contributed by atoms with Gasteiger partial charge in [-0.2, -0.15) is 0 Å². The average Bonchev–Trinajstić information content (AvgIpc) is 2.60. The molecule has 0 aromatic heterocycles. The molecule has 0 aliphatic carbocycles. The van der Waals surface area contributed by atoms with Crippen molar-refractivity contribution < 1.29 is 21.6 Å². The maximum Gasteiger partial charge on any atom is 0.217 e. The molecule has 0 aromatic rings. The van der Waals surface area contributed by atoms with Gasteiger partial charge in [-0.15, -0.1) is 0 Å². The Labute approximate surface area is 175 Å². The quantitative estimate of drug-likeness (QED) is 0.102. The second-order valence-corrected chi connectivity index (χ2v) is 9.97. The van der Waals surface area contributed by atoms with E-state index < -0.39 is 10.4 Å². The molecule has 0 rings (SSSR count). The van der Waals surface area contributed by atoms with E-state index in [0.29, 0.717) is 11.0 Å². The van der Waals surface area contributed by atoms with Crippen LogP contribution in [-0.4, -0.2) is 51.2 Å². The molecule has 0 unspecified atom stereocenters. The zero-order valence-corrected chi connectivity index (χ0v) is 19.7. The van der Waals surface area contributed by atoms with Crippen LogP contribution in [0.1, 0.15) is 110 Å². The molecular formula is C22H47NO4S. The lowest BCUT2D eigenvalue weighted by molar-refractivity contribution is -0.890. The largest absolute Gasteiger partial charge is 0.726 e. The fourth-order valence-electron chi connectivity index (χ4n) is 3.59. The average molecular weight is 422 g/mol. The fourth-order valence-corrected chi connectivity index (χ4v) is 3.86. The van der Waals surface area contributed by atoms with E-state index in [1.807, 2.05) is 14.1 Å². The maximum atomic E-state index is 10.4. The zero-order valence-electron chi connectivity index (χ0n) is 18.9. The van der Waals surface area contributed by atoms with E-state index in [2.05, 4.69) is 11.1 Å². The molecule has 0 aliphatic heterocycles. The SMILES string of the molecule is CCCCCCCCCCCCCCCCCC[N+](C)(C)CCOS(=O)(=O)[O-]. The monoisotopic (exact) mass is 421 g/mol. The first kappa shape index (κ1) is 27.8. The lowest BCUT2D eigenvalue weighted by Crippen LogP contribution is -2.43. The molecule has 0 radical (unpaired) electrons. The Hall–Kier alpha value is -0.170. The molecule has 0 heterocycles. The van der Waals surface area contributed by atoms with E-state index in [1.54, 1.807) is 0 Å². The molecular weight excluding hydrogens is 374 g/mol. The summed E-state index contributed by atoms with van der Waals surface area (Å²) in [4.78, 5) is 0. The summed E-state index contributed by atoms with van der Waals surface area (Å²) in [6.07, 6.45) is 21.8. The second kappa shape index (κ2) is 17.7. The Balaban J connectivity index is 3.30. The molecule has 28 heavy (non-hydrogen) atoms. The van der Waals surface area contributed by atoms with Crippen LogP contribution in [0.2, 0.25) is 0 Å². The van der Waals surface area contributed by atoms with Crippen LogP contribution in [0.15, 0.2) is 0 Å². The van der Waals surface area contributed by atoms with Gasteiger partial charge in [-0.25, -0.2) is 8.42 Å². The van der Waals surface area contributed by atoms with E-state index in [-0.39, 0.29) is 6.61 Å². The minimum atomic E-state index is -4.56. The maximum absolute atomic E-state index is 10.4. The molecule has 170 valence electrons. The Kier molecular flexibility index (Phi) is 17.6. The van der Waals surface area contributed by atoms with Gasteiger partial charge in [0.05, 0.1) is 20.6 Å². The van der Waals surface area contributed by atoms with Gasteiger partial charge in [0.25, 0.3) is 0 Å². The molecule has 0 aromatic carbocycles. The molecule has 0 N–H and O–H groups in total. The summed E-state index contributed by atoms with van der Waals surface area (Å²) in [5.41, 5.74) is 0. The van der Waals surface area contributed by atoms with Crippen molar-refractivity contribution >= 4 is 10.4 Å². The van der Waals surface area contributed by atoms with Gasteiger partial charge in [0.1, 0.15) is 13.2 Å². The zero-order chi connectivity index (χ0) is 21.1. The summed E-state index contributed by atoms with van der Waals surface area (Å²) in [6, 6.07) is 0. The van der Waals surface area contributed by atoms with Crippen LogP contribution in [0.4, 0.5) is 0 Å². The fraction of sp³-hybridized carbons (Fsp3) is 1.00. The van der Waals surface area contributed by atoms with Crippen LogP contribution in [0.3, 0.4) is 0 Å². The molecule has 5 nitrogen and oxygen atoms in total. The predicted octanol–water partition coefficient (Wildman–Crippen LogP) is 5.80. The highest BCUT2D eigenvalue weighted by molar-refractivity contribution is 7.80. The number of likely N-dealkylation sites (N-methyl/N-ethyl adjacent to an activating group) is 1. The minimum Gasteiger partial charge on any atom is -0.726 e. The van der Waals surface area contributed by atoms with E-state index >= 15 is 0 Å². The Morgan fingerprint density at radius 2 is 1.00 bits per heavy atom. The topological polar surface area (TPSA) is 66.4 Å². The number of quaternary nitrogens is 1. The highest BCUT2D eigenvalue weighted by Gasteiger charge is 2.14. The van der Waals surface area contributed by atoms with Gasteiger partial charge in [-0.1, -0.05) is 96.8 Å². The van der Waals surface area contributed by atoms with Crippen molar-refractivity contribution in [3.05, 3.63) is 0 Å². The molecule has 0 fully saturated rings. The van der Waals surface area contributed by atoms with Crippen molar-refractivity contribution in [2.45, 2.75) is 110 Å². The summed E-state index contributed by atoms with van der Waals surface area (Å²) in [6.45, 7) is 3.77. The molecule has 0 bridgehead atoms. The van der Waals surface area contributed by atoms with Crippen molar-refractivity contribution in [3.8, 4) is 0 Å². The number of nitrogens with zero attached hydrogens (tertiary/aromatic N) is 1. The van der Waals surface area contributed by atoms with Gasteiger partial charge < -0.3 is 9.04 Å². The third-order valence-corrected chi connectivity index (χ3v) is 6.00. The smallest absolute Gasteiger partial charge is 0.217 e. The van der Waals surface area contributed by atoms with Crippen molar-refractivity contribution in [1.29, 1.82) is 0 Å². The molecule has 0 saturated carbocycles. The Morgan fingerprint density at radius 1 is 0.643 bits per heavy atom. The summed E-state index contributed by atoms with van der Waals surface area (Å²) in [5, 5.41) is 0. The molecule has 0 atom stereocenters. The van der Waals surface area contributed by atoms with Gasteiger partial charge in [-0.05, 0) is 12.8 Å². The van der Waals surface area contributed by atoms with Crippen molar-refractivity contribution in [3.63, 3.8) is 0 Å². The van der Waals surface area contributed by atoms with Gasteiger partial charge in [0.2, 0.25) is 10.4 Å². The Morgan fingerprint density at radius 3 is 1.36 bits per heavy atom.